The highest BCUT2D eigenvalue weighted by molar-refractivity contribution is 6.02. The van der Waals surface area contributed by atoms with Gasteiger partial charge in [0.25, 0.3) is 11.8 Å². The fraction of sp³-hybridized carbons (Fsp3) is 0.476. The number of hydrogen-bond donors (Lipinski definition) is 2. The van der Waals surface area contributed by atoms with Crippen LogP contribution in [0, 0.1) is 17.2 Å². The topological polar surface area (TPSA) is 124 Å². The van der Waals surface area contributed by atoms with Gasteiger partial charge in [0.15, 0.2) is 18.1 Å². The molecule has 0 bridgehead atoms. The quantitative estimate of drug-likeness (QED) is 0.508. The van der Waals surface area contributed by atoms with E-state index in [4.69, 9.17) is 19.9 Å². The van der Waals surface area contributed by atoms with Gasteiger partial charge in [0.1, 0.15) is 11.6 Å². The third-order valence-electron chi connectivity index (χ3n) is 4.95. The highest BCUT2D eigenvalue weighted by Gasteiger charge is 2.24. The van der Waals surface area contributed by atoms with E-state index in [1.54, 1.807) is 12.1 Å². The van der Waals surface area contributed by atoms with Crippen LogP contribution in [0.3, 0.4) is 0 Å². The summed E-state index contributed by atoms with van der Waals surface area (Å²) >= 11 is 0. The maximum absolute atomic E-state index is 12.6. The first-order valence-electron chi connectivity index (χ1n) is 9.49. The van der Waals surface area contributed by atoms with Crippen LogP contribution in [0.15, 0.2) is 17.7 Å². The van der Waals surface area contributed by atoms with Gasteiger partial charge in [0.2, 0.25) is 5.75 Å². The predicted molar refractivity (Wildman–Crippen MR) is 107 cm³/mol. The second-order valence-corrected chi connectivity index (χ2v) is 7.02. The second kappa shape index (κ2) is 10.4. The molecule has 0 heterocycles. The highest BCUT2D eigenvalue weighted by Crippen LogP contribution is 2.39. The number of ether oxygens (including phenoxy) is 3. The van der Waals surface area contributed by atoms with Gasteiger partial charge in [-0.25, -0.2) is 0 Å². The second-order valence-electron chi connectivity index (χ2n) is 7.02. The summed E-state index contributed by atoms with van der Waals surface area (Å²) in [7, 11) is 2.86. The fourth-order valence-corrected chi connectivity index (χ4v) is 3.36. The van der Waals surface area contributed by atoms with Crippen molar-refractivity contribution in [1.29, 1.82) is 5.26 Å². The number of benzene rings is 1. The Kier molecular flexibility index (Phi) is 7.89. The lowest BCUT2D eigenvalue weighted by Crippen LogP contribution is -2.41. The summed E-state index contributed by atoms with van der Waals surface area (Å²) in [6, 6.07) is 5.21. The molecule has 3 N–H and O–H groups in total. The lowest BCUT2D eigenvalue weighted by molar-refractivity contribution is -0.120. The molecule has 1 aliphatic rings. The minimum absolute atomic E-state index is 0.0160. The van der Waals surface area contributed by atoms with Crippen LogP contribution in [0.4, 0.5) is 0 Å². The number of nitrogens with zero attached hydrogens (tertiary/aromatic N) is 1. The van der Waals surface area contributed by atoms with Gasteiger partial charge in [-0.2, -0.15) is 5.26 Å². The normalized spacial score (nSPS) is 19.0. The zero-order chi connectivity index (χ0) is 21.4. The van der Waals surface area contributed by atoms with Crippen molar-refractivity contribution in [3.8, 4) is 23.3 Å². The lowest BCUT2D eigenvalue weighted by Gasteiger charge is -2.29. The number of primary amides is 1. The predicted octanol–water partition coefficient (Wildman–Crippen LogP) is 2.17. The molecule has 0 aliphatic heterocycles. The molecular weight excluding hydrogens is 374 g/mol. The van der Waals surface area contributed by atoms with E-state index in [0.717, 1.165) is 25.7 Å². The Morgan fingerprint density at radius 2 is 1.86 bits per heavy atom. The summed E-state index contributed by atoms with van der Waals surface area (Å²) in [5, 5.41) is 12.5. The number of nitrogens with two attached hydrogens (primary N) is 1. The summed E-state index contributed by atoms with van der Waals surface area (Å²) < 4.78 is 16.0. The van der Waals surface area contributed by atoms with Crippen molar-refractivity contribution in [2.75, 3.05) is 20.8 Å². The molecule has 156 valence electrons. The third kappa shape index (κ3) is 5.88. The van der Waals surface area contributed by atoms with E-state index in [9.17, 15) is 14.9 Å². The molecule has 0 unspecified atom stereocenters. The number of nitriles is 1. The van der Waals surface area contributed by atoms with Gasteiger partial charge in [0.05, 0.1) is 14.2 Å². The number of rotatable bonds is 8. The largest absolute Gasteiger partial charge is 0.493 e. The summed E-state index contributed by atoms with van der Waals surface area (Å²) in [5.74, 6) is 0.127. The lowest BCUT2D eigenvalue weighted by atomic mass is 9.86. The van der Waals surface area contributed by atoms with Crippen molar-refractivity contribution in [1.82, 2.24) is 5.32 Å². The number of nitrogens with one attached hydrogen (secondary N) is 1. The number of methoxy groups -OCH3 is 2. The van der Waals surface area contributed by atoms with Gasteiger partial charge >= 0.3 is 0 Å². The van der Waals surface area contributed by atoms with E-state index in [1.807, 2.05) is 6.07 Å². The molecule has 8 heteroatoms. The Balaban J connectivity index is 2.28. The summed E-state index contributed by atoms with van der Waals surface area (Å²) in [5.41, 5.74) is 5.63. The summed E-state index contributed by atoms with van der Waals surface area (Å²) in [4.78, 5) is 23.6. The molecule has 2 atom stereocenters. The molecule has 29 heavy (non-hydrogen) atoms. The van der Waals surface area contributed by atoms with Crippen molar-refractivity contribution >= 4 is 17.9 Å². The Labute approximate surface area is 170 Å². The molecule has 1 aliphatic carbocycles. The molecule has 0 radical (unpaired) electrons. The van der Waals surface area contributed by atoms with Crippen LogP contribution in [-0.4, -0.2) is 38.7 Å². The maximum Gasteiger partial charge on any atom is 0.262 e. The standard InChI is InChI=1S/C21H27N3O5/c1-13-6-4-5-7-16(13)24-21(26)15(11-22)8-14-9-17(27-2)20(18(10-14)28-3)29-12-19(23)25/h8-10,13,16H,4-7,12H2,1-3H3,(H2,23,25)(H,24,26)/b15-8+/t13-,16-/m1/s1. The fourth-order valence-electron chi connectivity index (χ4n) is 3.36. The minimum atomic E-state index is -0.640. The van der Waals surface area contributed by atoms with Crippen LogP contribution in [0.25, 0.3) is 6.08 Å². The summed E-state index contributed by atoms with van der Waals surface area (Å²) in [6.45, 7) is 1.77. The highest BCUT2D eigenvalue weighted by atomic mass is 16.5. The van der Waals surface area contributed by atoms with Crippen LogP contribution < -0.4 is 25.3 Å². The minimum Gasteiger partial charge on any atom is -0.493 e. The Hall–Kier alpha value is -3.21. The van der Waals surface area contributed by atoms with Crippen LogP contribution in [0.1, 0.15) is 38.2 Å². The van der Waals surface area contributed by atoms with E-state index >= 15 is 0 Å². The van der Waals surface area contributed by atoms with Gasteiger partial charge in [0, 0.05) is 6.04 Å². The molecule has 1 saturated carbocycles. The SMILES string of the molecule is COc1cc(/C=C(\C#N)C(=O)N[C@@H]2CCCC[C@H]2C)cc(OC)c1OCC(N)=O. The van der Waals surface area contributed by atoms with Crippen molar-refractivity contribution in [2.24, 2.45) is 11.7 Å². The molecule has 1 aromatic rings. The molecule has 1 aromatic carbocycles. The van der Waals surface area contributed by atoms with Crippen LogP contribution in [-0.2, 0) is 9.59 Å². The van der Waals surface area contributed by atoms with Crippen molar-refractivity contribution in [3.63, 3.8) is 0 Å². The van der Waals surface area contributed by atoms with Gasteiger partial charge in [-0.05, 0) is 42.5 Å². The molecule has 0 aromatic heterocycles. The Morgan fingerprint density at radius 3 is 2.38 bits per heavy atom. The molecule has 2 amide bonds. The van der Waals surface area contributed by atoms with E-state index < -0.39 is 11.8 Å². The van der Waals surface area contributed by atoms with E-state index in [0.29, 0.717) is 11.5 Å². The Bertz CT molecular complexity index is 803. The van der Waals surface area contributed by atoms with Crippen molar-refractivity contribution in [3.05, 3.63) is 23.3 Å². The third-order valence-corrected chi connectivity index (χ3v) is 4.95. The van der Waals surface area contributed by atoms with Gasteiger partial charge in [-0.1, -0.05) is 19.8 Å². The number of carbonyl (C=O) groups excluding carboxylic acids is 2. The molecule has 8 nitrogen and oxygen atoms in total. The first-order valence-corrected chi connectivity index (χ1v) is 9.49. The zero-order valence-corrected chi connectivity index (χ0v) is 17.0. The van der Waals surface area contributed by atoms with Crippen LogP contribution in [0.5, 0.6) is 17.2 Å². The van der Waals surface area contributed by atoms with Crippen molar-refractivity contribution < 1.29 is 23.8 Å². The molecule has 0 spiro atoms. The molecule has 0 saturated heterocycles. The van der Waals surface area contributed by atoms with E-state index in [2.05, 4.69) is 12.2 Å². The maximum atomic E-state index is 12.6. The first-order chi connectivity index (χ1) is 13.9. The van der Waals surface area contributed by atoms with Gasteiger partial charge in [-0.3, -0.25) is 9.59 Å². The number of carbonyl (C=O) groups is 2. The molecule has 2 rings (SSSR count). The van der Waals surface area contributed by atoms with Gasteiger partial charge < -0.3 is 25.3 Å². The van der Waals surface area contributed by atoms with Gasteiger partial charge in [-0.15, -0.1) is 0 Å². The van der Waals surface area contributed by atoms with Crippen molar-refractivity contribution in [2.45, 2.75) is 38.6 Å². The number of hydrogen-bond acceptors (Lipinski definition) is 6. The molecule has 1 fully saturated rings. The van der Waals surface area contributed by atoms with E-state index in [1.165, 1.54) is 20.3 Å². The van der Waals surface area contributed by atoms with E-state index in [-0.39, 0.29) is 35.5 Å². The average Bonchev–Trinajstić information content (AvgIpc) is 2.71. The monoisotopic (exact) mass is 401 g/mol. The smallest absolute Gasteiger partial charge is 0.262 e. The first kappa shape index (κ1) is 22.1. The Morgan fingerprint density at radius 1 is 1.24 bits per heavy atom. The summed E-state index contributed by atoms with van der Waals surface area (Å²) in [6.07, 6.45) is 5.68. The molecular formula is C21H27N3O5. The van der Waals surface area contributed by atoms with Crippen LogP contribution in [0.2, 0.25) is 0 Å². The number of amides is 2. The zero-order valence-electron chi connectivity index (χ0n) is 17.0. The van der Waals surface area contributed by atoms with Crippen LogP contribution >= 0.6 is 0 Å². The average molecular weight is 401 g/mol.